The average Bonchev–Trinajstić information content (AvgIpc) is 3.21. The standard InChI is InChI=1S/C18H23N3/c1-5-19-16-10-15(20-18(21-16)14-6-7-14)17-12(3)8-11(2)9-13(17)4/h8-10,14H,5-7H2,1-4H3,(H,19,20,21). The summed E-state index contributed by atoms with van der Waals surface area (Å²) in [5.74, 6) is 2.51. The maximum Gasteiger partial charge on any atom is 0.134 e. The van der Waals surface area contributed by atoms with Crippen LogP contribution in [0.5, 0.6) is 0 Å². The zero-order chi connectivity index (χ0) is 15.0. The Kier molecular flexibility index (Phi) is 3.66. The molecule has 2 aromatic rings. The highest BCUT2D eigenvalue weighted by Crippen LogP contribution is 2.39. The lowest BCUT2D eigenvalue weighted by Crippen LogP contribution is -2.05. The molecule has 0 radical (unpaired) electrons. The van der Waals surface area contributed by atoms with Crippen molar-refractivity contribution in [2.24, 2.45) is 0 Å². The molecule has 3 rings (SSSR count). The number of nitrogens with zero attached hydrogens (tertiary/aromatic N) is 2. The van der Waals surface area contributed by atoms with E-state index in [1.165, 1.54) is 35.1 Å². The van der Waals surface area contributed by atoms with Crippen molar-refractivity contribution in [1.82, 2.24) is 9.97 Å². The summed E-state index contributed by atoms with van der Waals surface area (Å²) in [7, 11) is 0. The molecule has 21 heavy (non-hydrogen) atoms. The molecule has 3 heteroatoms. The Labute approximate surface area is 126 Å². The van der Waals surface area contributed by atoms with Gasteiger partial charge in [-0.25, -0.2) is 9.97 Å². The summed E-state index contributed by atoms with van der Waals surface area (Å²) in [6, 6.07) is 6.54. The first kappa shape index (κ1) is 14.1. The molecule has 0 bridgehead atoms. The highest BCUT2D eigenvalue weighted by molar-refractivity contribution is 5.70. The third-order valence-corrected chi connectivity index (χ3v) is 3.98. The van der Waals surface area contributed by atoms with Crippen LogP contribution in [0.1, 0.15) is 48.2 Å². The van der Waals surface area contributed by atoms with E-state index in [1.807, 2.05) is 0 Å². The highest BCUT2D eigenvalue weighted by atomic mass is 15.0. The molecule has 0 spiro atoms. The van der Waals surface area contributed by atoms with Crippen LogP contribution < -0.4 is 5.32 Å². The minimum absolute atomic E-state index is 0.563. The number of nitrogens with one attached hydrogen (secondary N) is 1. The molecular weight excluding hydrogens is 258 g/mol. The maximum absolute atomic E-state index is 4.85. The van der Waals surface area contributed by atoms with Gasteiger partial charge < -0.3 is 5.32 Å². The SMILES string of the molecule is CCNc1cc(-c2c(C)cc(C)cc2C)nc(C2CC2)n1. The first-order chi connectivity index (χ1) is 10.1. The minimum atomic E-state index is 0.563. The predicted octanol–water partition coefficient (Wildman–Crippen LogP) is 4.38. The number of benzene rings is 1. The molecule has 1 N–H and O–H groups in total. The molecule has 1 aliphatic rings. The maximum atomic E-state index is 4.85. The van der Waals surface area contributed by atoms with Gasteiger partial charge in [-0.05, 0) is 51.7 Å². The van der Waals surface area contributed by atoms with Crippen LogP contribution in [-0.4, -0.2) is 16.5 Å². The summed E-state index contributed by atoms with van der Waals surface area (Å²) in [5, 5.41) is 3.34. The highest BCUT2D eigenvalue weighted by Gasteiger charge is 2.27. The van der Waals surface area contributed by atoms with E-state index in [9.17, 15) is 0 Å². The number of anilines is 1. The zero-order valence-corrected chi connectivity index (χ0v) is 13.3. The van der Waals surface area contributed by atoms with Gasteiger partial charge in [0.2, 0.25) is 0 Å². The lowest BCUT2D eigenvalue weighted by atomic mass is 9.97. The second-order valence-electron chi connectivity index (χ2n) is 6.07. The molecule has 1 heterocycles. The second-order valence-corrected chi connectivity index (χ2v) is 6.07. The average molecular weight is 281 g/mol. The van der Waals surface area contributed by atoms with E-state index in [2.05, 4.69) is 56.2 Å². The Morgan fingerprint density at radius 1 is 1.05 bits per heavy atom. The van der Waals surface area contributed by atoms with E-state index >= 15 is 0 Å². The summed E-state index contributed by atoms with van der Waals surface area (Å²) < 4.78 is 0. The van der Waals surface area contributed by atoms with Crippen molar-refractivity contribution < 1.29 is 0 Å². The van der Waals surface area contributed by atoms with E-state index in [4.69, 9.17) is 4.98 Å². The van der Waals surface area contributed by atoms with Gasteiger partial charge in [-0.3, -0.25) is 0 Å². The van der Waals surface area contributed by atoms with Crippen molar-refractivity contribution in [3.8, 4) is 11.3 Å². The van der Waals surface area contributed by atoms with Crippen molar-refractivity contribution in [2.75, 3.05) is 11.9 Å². The molecule has 1 aromatic carbocycles. The van der Waals surface area contributed by atoms with Crippen molar-refractivity contribution in [2.45, 2.75) is 46.5 Å². The normalized spacial score (nSPS) is 14.3. The molecule has 0 unspecified atom stereocenters. The smallest absolute Gasteiger partial charge is 0.134 e. The van der Waals surface area contributed by atoms with Crippen LogP contribution >= 0.6 is 0 Å². The molecular formula is C18H23N3. The van der Waals surface area contributed by atoms with Gasteiger partial charge in [-0.1, -0.05) is 17.7 Å². The molecule has 110 valence electrons. The van der Waals surface area contributed by atoms with Gasteiger partial charge in [0.25, 0.3) is 0 Å². The molecule has 0 amide bonds. The first-order valence-electron chi connectivity index (χ1n) is 7.79. The fourth-order valence-corrected chi connectivity index (χ4v) is 2.97. The van der Waals surface area contributed by atoms with Crippen molar-refractivity contribution >= 4 is 5.82 Å². The Morgan fingerprint density at radius 3 is 2.29 bits per heavy atom. The van der Waals surface area contributed by atoms with E-state index in [0.29, 0.717) is 5.92 Å². The summed E-state index contributed by atoms with van der Waals surface area (Å²) >= 11 is 0. The Morgan fingerprint density at radius 2 is 1.71 bits per heavy atom. The van der Waals surface area contributed by atoms with Crippen LogP contribution in [0.4, 0.5) is 5.82 Å². The van der Waals surface area contributed by atoms with E-state index in [0.717, 1.165) is 23.9 Å². The summed E-state index contributed by atoms with van der Waals surface area (Å²) in [4.78, 5) is 9.51. The molecule has 1 saturated carbocycles. The third kappa shape index (κ3) is 2.92. The van der Waals surface area contributed by atoms with Gasteiger partial charge in [0, 0.05) is 24.1 Å². The lowest BCUT2D eigenvalue weighted by Gasteiger charge is -2.13. The predicted molar refractivity (Wildman–Crippen MR) is 87.8 cm³/mol. The van der Waals surface area contributed by atoms with Crippen LogP contribution in [0.3, 0.4) is 0 Å². The third-order valence-electron chi connectivity index (χ3n) is 3.98. The minimum Gasteiger partial charge on any atom is -0.370 e. The first-order valence-corrected chi connectivity index (χ1v) is 7.79. The molecule has 0 saturated heterocycles. The lowest BCUT2D eigenvalue weighted by molar-refractivity contribution is 0.926. The van der Waals surface area contributed by atoms with Gasteiger partial charge >= 0.3 is 0 Å². The van der Waals surface area contributed by atoms with Gasteiger partial charge in [0.15, 0.2) is 0 Å². The largest absolute Gasteiger partial charge is 0.370 e. The monoisotopic (exact) mass is 281 g/mol. The van der Waals surface area contributed by atoms with Crippen molar-refractivity contribution in [3.63, 3.8) is 0 Å². The molecule has 0 aliphatic heterocycles. The fourth-order valence-electron chi connectivity index (χ4n) is 2.97. The summed E-state index contributed by atoms with van der Waals surface area (Å²) in [6.45, 7) is 9.46. The van der Waals surface area contributed by atoms with Crippen molar-refractivity contribution in [3.05, 3.63) is 40.7 Å². The zero-order valence-electron chi connectivity index (χ0n) is 13.3. The van der Waals surface area contributed by atoms with E-state index in [-0.39, 0.29) is 0 Å². The molecule has 1 fully saturated rings. The number of rotatable bonds is 4. The Hall–Kier alpha value is -1.90. The van der Waals surface area contributed by atoms with Gasteiger partial charge in [-0.2, -0.15) is 0 Å². The number of hydrogen-bond acceptors (Lipinski definition) is 3. The number of aromatic nitrogens is 2. The number of hydrogen-bond donors (Lipinski definition) is 1. The van der Waals surface area contributed by atoms with Gasteiger partial charge in [-0.15, -0.1) is 0 Å². The van der Waals surface area contributed by atoms with Crippen LogP contribution in [0, 0.1) is 20.8 Å². The Balaban J connectivity index is 2.13. The van der Waals surface area contributed by atoms with Crippen molar-refractivity contribution in [1.29, 1.82) is 0 Å². The van der Waals surface area contributed by atoms with E-state index < -0.39 is 0 Å². The van der Waals surface area contributed by atoms with Gasteiger partial charge in [0.1, 0.15) is 11.6 Å². The molecule has 1 aliphatic carbocycles. The molecule has 0 atom stereocenters. The van der Waals surface area contributed by atoms with Crippen LogP contribution in [0.15, 0.2) is 18.2 Å². The topological polar surface area (TPSA) is 37.8 Å². The Bertz CT molecular complexity index is 649. The van der Waals surface area contributed by atoms with Crippen LogP contribution in [-0.2, 0) is 0 Å². The van der Waals surface area contributed by atoms with Crippen LogP contribution in [0.2, 0.25) is 0 Å². The summed E-state index contributed by atoms with van der Waals surface area (Å²) in [6.07, 6.45) is 2.45. The molecule has 1 aromatic heterocycles. The number of aryl methyl sites for hydroxylation is 3. The van der Waals surface area contributed by atoms with Gasteiger partial charge in [0.05, 0.1) is 5.69 Å². The molecule has 3 nitrogen and oxygen atoms in total. The van der Waals surface area contributed by atoms with E-state index in [1.54, 1.807) is 0 Å². The fraction of sp³-hybridized carbons (Fsp3) is 0.444. The quantitative estimate of drug-likeness (QED) is 0.903. The summed E-state index contributed by atoms with van der Waals surface area (Å²) in [5.41, 5.74) is 6.19. The van der Waals surface area contributed by atoms with Crippen LogP contribution in [0.25, 0.3) is 11.3 Å². The second kappa shape index (κ2) is 5.47.